The second-order valence-corrected chi connectivity index (χ2v) is 7.03. The molecule has 0 unspecified atom stereocenters. The molecule has 2 bridgehead atoms. The van der Waals surface area contributed by atoms with Crippen molar-refractivity contribution in [2.45, 2.75) is 32.0 Å². The van der Waals surface area contributed by atoms with Crippen molar-refractivity contribution in [1.82, 2.24) is 24.3 Å². The summed E-state index contributed by atoms with van der Waals surface area (Å²) in [7, 11) is 2.09. The van der Waals surface area contributed by atoms with Gasteiger partial charge in [-0.3, -0.25) is 14.8 Å². The third-order valence-corrected chi connectivity index (χ3v) is 5.32. The number of fused-ring (bicyclic) bond motifs is 4. The van der Waals surface area contributed by atoms with E-state index < -0.39 is 0 Å². The van der Waals surface area contributed by atoms with Crippen LogP contribution in [0.15, 0.2) is 36.9 Å². The molecule has 3 saturated heterocycles. The van der Waals surface area contributed by atoms with E-state index in [0.717, 1.165) is 19.0 Å². The van der Waals surface area contributed by atoms with E-state index in [-0.39, 0.29) is 0 Å². The zero-order valence-corrected chi connectivity index (χ0v) is 13.8. The maximum absolute atomic E-state index is 4.51. The van der Waals surface area contributed by atoms with Crippen molar-refractivity contribution in [2.24, 2.45) is 13.0 Å². The fourth-order valence-electron chi connectivity index (χ4n) is 4.08. The number of pyridine rings is 1. The first kappa shape index (κ1) is 14.8. The zero-order valence-electron chi connectivity index (χ0n) is 13.8. The summed E-state index contributed by atoms with van der Waals surface area (Å²) < 4.78 is 2.15. The molecule has 23 heavy (non-hydrogen) atoms. The average molecular weight is 311 g/mol. The van der Waals surface area contributed by atoms with Crippen LogP contribution in [0.2, 0.25) is 0 Å². The normalized spacial score (nSPS) is 25.6. The number of rotatable bonds is 4. The smallest absolute Gasteiger partial charge is 0.122 e. The molecule has 2 aromatic rings. The highest BCUT2D eigenvalue weighted by atomic mass is 15.3. The van der Waals surface area contributed by atoms with Crippen LogP contribution in [0.25, 0.3) is 0 Å². The second kappa shape index (κ2) is 6.42. The van der Waals surface area contributed by atoms with Crippen LogP contribution in [0.4, 0.5) is 0 Å². The minimum atomic E-state index is 0.660. The van der Waals surface area contributed by atoms with Crippen LogP contribution in [0.1, 0.15) is 24.2 Å². The van der Waals surface area contributed by atoms with Gasteiger partial charge in [0, 0.05) is 64.1 Å². The summed E-state index contributed by atoms with van der Waals surface area (Å²) in [5.41, 5.74) is 1.37. The Bertz CT molecular complexity index is 638. The third kappa shape index (κ3) is 3.31. The largest absolute Gasteiger partial charge is 0.337 e. The molecule has 3 fully saturated rings. The number of nitrogens with zero attached hydrogens (tertiary/aromatic N) is 5. The first-order valence-corrected chi connectivity index (χ1v) is 8.59. The predicted molar refractivity (Wildman–Crippen MR) is 89.6 cm³/mol. The topological polar surface area (TPSA) is 37.2 Å². The van der Waals surface area contributed by atoms with Crippen LogP contribution >= 0.6 is 0 Å². The maximum atomic E-state index is 4.51. The van der Waals surface area contributed by atoms with Crippen molar-refractivity contribution in [3.05, 3.63) is 48.3 Å². The Labute approximate surface area is 138 Å². The molecule has 5 heterocycles. The highest BCUT2D eigenvalue weighted by molar-refractivity contribution is 5.10. The molecule has 2 atom stereocenters. The van der Waals surface area contributed by atoms with E-state index in [2.05, 4.69) is 43.5 Å². The van der Waals surface area contributed by atoms with Crippen molar-refractivity contribution < 1.29 is 0 Å². The molecular weight excluding hydrogens is 286 g/mol. The van der Waals surface area contributed by atoms with E-state index in [9.17, 15) is 0 Å². The molecule has 0 aromatic carbocycles. The van der Waals surface area contributed by atoms with E-state index >= 15 is 0 Å². The van der Waals surface area contributed by atoms with Gasteiger partial charge in [-0.25, -0.2) is 4.98 Å². The fourth-order valence-corrected chi connectivity index (χ4v) is 4.08. The Hall–Kier alpha value is -1.72. The number of aromatic nitrogens is 3. The van der Waals surface area contributed by atoms with Crippen LogP contribution in [0.5, 0.6) is 0 Å². The monoisotopic (exact) mass is 311 g/mol. The standard InChI is InChI=1S/C18H25N5/c1-21-9-8-20-18(21)14-23-12-16-2-3-17(23)13-22(11-16)10-15-4-6-19-7-5-15/h4-9,16-17H,2-3,10-14H2,1H3/t16-,17+/m0/s1. The highest BCUT2D eigenvalue weighted by Crippen LogP contribution is 2.29. The van der Waals surface area contributed by atoms with Gasteiger partial charge in [-0.05, 0) is 36.5 Å². The summed E-state index contributed by atoms with van der Waals surface area (Å²) >= 11 is 0. The number of hydrogen-bond donors (Lipinski definition) is 0. The Morgan fingerprint density at radius 2 is 1.91 bits per heavy atom. The van der Waals surface area contributed by atoms with E-state index in [0.29, 0.717) is 6.04 Å². The SMILES string of the molecule is Cn1ccnc1CN1C[C@H]2CC[C@@H]1CN(Cc1ccncc1)C2. The first-order valence-electron chi connectivity index (χ1n) is 8.59. The number of imidazole rings is 1. The Balaban J connectivity index is 1.45. The van der Waals surface area contributed by atoms with Crippen LogP contribution in [-0.2, 0) is 20.1 Å². The van der Waals surface area contributed by atoms with Crippen molar-refractivity contribution in [3.63, 3.8) is 0 Å². The van der Waals surface area contributed by atoms with Crippen molar-refractivity contribution in [1.29, 1.82) is 0 Å². The summed E-state index contributed by atoms with van der Waals surface area (Å²) in [5.74, 6) is 1.97. The van der Waals surface area contributed by atoms with Gasteiger partial charge in [-0.15, -0.1) is 0 Å². The number of hydrogen-bond acceptors (Lipinski definition) is 4. The summed E-state index contributed by atoms with van der Waals surface area (Å²) in [5, 5.41) is 0. The lowest BCUT2D eigenvalue weighted by Crippen LogP contribution is -2.43. The predicted octanol–water partition coefficient (Wildman–Crippen LogP) is 1.91. The van der Waals surface area contributed by atoms with Crippen molar-refractivity contribution in [2.75, 3.05) is 19.6 Å². The van der Waals surface area contributed by atoms with Gasteiger partial charge < -0.3 is 4.57 Å². The van der Waals surface area contributed by atoms with Gasteiger partial charge in [0.2, 0.25) is 0 Å². The molecule has 3 aliphatic rings. The van der Waals surface area contributed by atoms with E-state index in [1.807, 2.05) is 24.8 Å². The molecule has 2 aromatic heterocycles. The van der Waals surface area contributed by atoms with Gasteiger partial charge in [0.25, 0.3) is 0 Å². The molecule has 0 saturated carbocycles. The second-order valence-electron chi connectivity index (χ2n) is 7.03. The lowest BCUT2D eigenvalue weighted by Gasteiger charge is -2.35. The summed E-state index contributed by atoms with van der Waals surface area (Å²) in [4.78, 5) is 13.9. The fraction of sp³-hybridized carbons (Fsp3) is 0.556. The van der Waals surface area contributed by atoms with Gasteiger partial charge in [0.1, 0.15) is 5.82 Å². The van der Waals surface area contributed by atoms with E-state index in [4.69, 9.17) is 0 Å². The van der Waals surface area contributed by atoms with Crippen LogP contribution in [-0.4, -0.2) is 50.0 Å². The molecule has 5 rings (SSSR count). The first-order chi connectivity index (χ1) is 11.3. The van der Waals surface area contributed by atoms with Crippen LogP contribution in [0, 0.1) is 5.92 Å². The minimum Gasteiger partial charge on any atom is -0.337 e. The average Bonchev–Trinajstić information content (AvgIpc) is 2.78. The van der Waals surface area contributed by atoms with Crippen molar-refractivity contribution >= 4 is 0 Å². The summed E-state index contributed by atoms with van der Waals surface area (Å²) in [6.07, 6.45) is 10.4. The third-order valence-electron chi connectivity index (χ3n) is 5.32. The van der Waals surface area contributed by atoms with Crippen molar-refractivity contribution in [3.8, 4) is 0 Å². The molecule has 0 amide bonds. The number of piperidine rings is 1. The molecule has 0 N–H and O–H groups in total. The summed E-state index contributed by atoms with van der Waals surface area (Å²) in [6.45, 7) is 5.63. The molecule has 0 spiro atoms. The Morgan fingerprint density at radius 1 is 1.04 bits per heavy atom. The minimum absolute atomic E-state index is 0.660. The molecule has 0 aliphatic carbocycles. The Morgan fingerprint density at radius 3 is 2.70 bits per heavy atom. The zero-order chi connectivity index (χ0) is 15.6. The molecule has 0 radical (unpaired) electrons. The van der Waals surface area contributed by atoms with Crippen LogP contribution < -0.4 is 0 Å². The number of aryl methyl sites for hydroxylation is 1. The quantitative estimate of drug-likeness (QED) is 0.864. The summed E-state index contributed by atoms with van der Waals surface area (Å²) in [6, 6.07) is 4.93. The Kier molecular flexibility index (Phi) is 4.14. The van der Waals surface area contributed by atoms with Gasteiger partial charge >= 0.3 is 0 Å². The maximum Gasteiger partial charge on any atom is 0.122 e. The van der Waals surface area contributed by atoms with E-state index in [1.54, 1.807) is 0 Å². The molecule has 5 nitrogen and oxygen atoms in total. The molecule has 5 heteroatoms. The highest BCUT2D eigenvalue weighted by Gasteiger charge is 2.35. The van der Waals surface area contributed by atoms with Crippen LogP contribution in [0.3, 0.4) is 0 Å². The van der Waals surface area contributed by atoms with Gasteiger partial charge in [0.05, 0.1) is 6.54 Å². The molecule has 122 valence electrons. The van der Waals surface area contributed by atoms with Gasteiger partial charge in [0.15, 0.2) is 0 Å². The van der Waals surface area contributed by atoms with Gasteiger partial charge in [-0.1, -0.05) is 0 Å². The van der Waals surface area contributed by atoms with Gasteiger partial charge in [-0.2, -0.15) is 0 Å². The van der Waals surface area contributed by atoms with E-state index in [1.165, 1.54) is 43.9 Å². The lowest BCUT2D eigenvalue weighted by molar-refractivity contribution is 0.119. The molecular formula is C18H25N5. The lowest BCUT2D eigenvalue weighted by atomic mass is 9.95. The molecule has 3 aliphatic heterocycles.